The first-order valence-corrected chi connectivity index (χ1v) is 9.73. The fourth-order valence-electron chi connectivity index (χ4n) is 1.88. The van der Waals surface area contributed by atoms with E-state index >= 15 is 0 Å². The van der Waals surface area contributed by atoms with Crippen molar-refractivity contribution in [2.45, 2.75) is 9.24 Å². The lowest BCUT2D eigenvalue weighted by molar-refractivity contribution is 0.599. The third kappa shape index (κ3) is 3.08. The van der Waals surface area contributed by atoms with Gasteiger partial charge in [0.1, 0.15) is 5.82 Å². The normalized spacial score (nSPS) is 11.7. The van der Waals surface area contributed by atoms with E-state index in [0.29, 0.717) is 5.69 Å². The van der Waals surface area contributed by atoms with Gasteiger partial charge in [-0.05, 0) is 48.7 Å². The van der Waals surface area contributed by atoms with Crippen molar-refractivity contribution in [2.75, 3.05) is 11.0 Å². The number of aromatic nitrogens is 1. The second-order valence-corrected chi connectivity index (χ2v) is 8.19. The van der Waals surface area contributed by atoms with Gasteiger partial charge in [-0.2, -0.15) is 0 Å². The topological polar surface area (TPSA) is 59.1 Å². The molecule has 1 N–H and O–H groups in total. The molecule has 0 saturated carbocycles. The van der Waals surface area contributed by atoms with Gasteiger partial charge in [0.25, 0.3) is 10.0 Å². The van der Waals surface area contributed by atoms with Gasteiger partial charge < -0.3 is 0 Å². The standard InChI is InChI=1S/C14H11FN2O2S3/c1-20-14-16-12-7-4-10(8-13(12)21-14)17-22(18,19)11-5-2-9(15)3-6-11/h2-8,17H,1H3. The molecule has 0 fully saturated rings. The number of nitrogens with one attached hydrogen (secondary N) is 1. The molecule has 2 aromatic carbocycles. The zero-order valence-corrected chi connectivity index (χ0v) is 13.9. The quantitative estimate of drug-likeness (QED) is 0.721. The SMILES string of the molecule is CSc1nc2ccc(NS(=O)(=O)c3ccc(F)cc3)cc2s1. The molecule has 0 radical (unpaired) electrons. The van der Waals surface area contributed by atoms with Crippen LogP contribution >= 0.6 is 23.1 Å². The molecule has 0 spiro atoms. The van der Waals surface area contributed by atoms with Crippen molar-refractivity contribution in [3.05, 3.63) is 48.3 Å². The van der Waals surface area contributed by atoms with Gasteiger partial charge in [-0.15, -0.1) is 11.3 Å². The first-order valence-electron chi connectivity index (χ1n) is 6.21. The number of thiazole rings is 1. The summed E-state index contributed by atoms with van der Waals surface area (Å²) in [6, 6.07) is 9.87. The highest BCUT2D eigenvalue weighted by Crippen LogP contribution is 2.30. The van der Waals surface area contributed by atoms with Crippen LogP contribution in [0.25, 0.3) is 10.2 Å². The van der Waals surface area contributed by atoms with Gasteiger partial charge in [0.15, 0.2) is 4.34 Å². The highest BCUT2D eigenvalue weighted by atomic mass is 32.2. The molecule has 0 saturated heterocycles. The molecule has 1 heterocycles. The summed E-state index contributed by atoms with van der Waals surface area (Å²) in [4.78, 5) is 4.42. The summed E-state index contributed by atoms with van der Waals surface area (Å²) in [5, 5.41) is 0. The average Bonchev–Trinajstić information content (AvgIpc) is 2.89. The zero-order chi connectivity index (χ0) is 15.7. The lowest BCUT2D eigenvalue weighted by Crippen LogP contribution is -2.12. The predicted octanol–water partition coefficient (Wildman–Crippen LogP) is 3.96. The van der Waals surface area contributed by atoms with Crippen molar-refractivity contribution < 1.29 is 12.8 Å². The Morgan fingerprint density at radius 1 is 1.18 bits per heavy atom. The number of hydrogen-bond acceptors (Lipinski definition) is 5. The minimum atomic E-state index is -3.74. The summed E-state index contributed by atoms with van der Waals surface area (Å²) in [5.74, 6) is -0.477. The monoisotopic (exact) mass is 354 g/mol. The Balaban J connectivity index is 1.92. The Labute approximate surface area is 135 Å². The van der Waals surface area contributed by atoms with E-state index in [-0.39, 0.29) is 4.90 Å². The number of fused-ring (bicyclic) bond motifs is 1. The minimum absolute atomic E-state index is 0.0168. The lowest BCUT2D eigenvalue weighted by atomic mass is 10.3. The Morgan fingerprint density at radius 3 is 2.59 bits per heavy atom. The largest absolute Gasteiger partial charge is 0.280 e. The van der Waals surface area contributed by atoms with E-state index in [1.807, 2.05) is 6.26 Å². The Morgan fingerprint density at radius 2 is 1.91 bits per heavy atom. The number of hydrogen-bond donors (Lipinski definition) is 1. The first-order chi connectivity index (χ1) is 10.5. The van der Waals surface area contributed by atoms with E-state index in [2.05, 4.69) is 9.71 Å². The molecule has 0 amide bonds. The Bertz CT molecular complexity index is 921. The lowest BCUT2D eigenvalue weighted by Gasteiger charge is -2.07. The van der Waals surface area contributed by atoms with Crippen LogP contribution in [-0.2, 0) is 10.0 Å². The molecule has 3 aromatic rings. The third-order valence-electron chi connectivity index (χ3n) is 2.92. The highest BCUT2D eigenvalue weighted by Gasteiger charge is 2.15. The fourth-order valence-corrected chi connectivity index (χ4v) is 4.46. The van der Waals surface area contributed by atoms with Crippen molar-refractivity contribution in [3.63, 3.8) is 0 Å². The molecule has 0 aliphatic rings. The molecular formula is C14H11FN2O2S3. The summed E-state index contributed by atoms with van der Waals surface area (Å²) in [6.07, 6.45) is 1.94. The Hall–Kier alpha value is -1.64. The highest BCUT2D eigenvalue weighted by molar-refractivity contribution is 8.00. The summed E-state index contributed by atoms with van der Waals surface area (Å²) in [6.45, 7) is 0. The predicted molar refractivity (Wildman–Crippen MR) is 88.6 cm³/mol. The van der Waals surface area contributed by atoms with Crippen LogP contribution in [0, 0.1) is 5.82 Å². The molecule has 0 unspecified atom stereocenters. The molecule has 22 heavy (non-hydrogen) atoms. The summed E-state index contributed by atoms with van der Waals surface area (Å²) < 4.78 is 41.7. The fraction of sp³-hybridized carbons (Fsp3) is 0.0714. The number of sulfonamides is 1. The van der Waals surface area contributed by atoms with E-state index in [1.165, 1.54) is 23.5 Å². The van der Waals surface area contributed by atoms with Crippen LogP contribution in [0.4, 0.5) is 10.1 Å². The molecule has 0 bridgehead atoms. The van der Waals surface area contributed by atoms with Crippen LogP contribution < -0.4 is 4.72 Å². The van der Waals surface area contributed by atoms with Gasteiger partial charge in [0.2, 0.25) is 0 Å². The van der Waals surface area contributed by atoms with E-state index in [0.717, 1.165) is 26.7 Å². The number of anilines is 1. The molecule has 114 valence electrons. The second kappa shape index (κ2) is 5.86. The molecule has 0 aliphatic heterocycles. The summed E-state index contributed by atoms with van der Waals surface area (Å²) in [5.41, 5.74) is 1.28. The van der Waals surface area contributed by atoms with Gasteiger partial charge in [0, 0.05) is 0 Å². The average molecular weight is 354 g/mol. The minimum Gasteiger partial charge on any atom is -0.280 e. The van der Waals surface area contributed by atoms with Crippen molar-refractivity contribution in [2.24, 2.45) is 0 Å². The maximum atomic E-state index is 12.9. The van der Waals surface area contributed by atoms with E-state index < -0.39 is 15.8 Å². The van der Waals surface area contributed by atoms with Gasteiger partial charge >= 0.3 is 0 Å². The third-order valence-corrected chi connectivity index (χ3v) is 6.32. The number of benzene rings is 2. The number of rotatable bonds is 4. The molecule has 0 atom stereocenters. The molecule has 0 aliphatic carbocycles. The molecule has 1 aromatic heterocycles. The van der Waals surface area contributed by atoms with Crippen molar-refractivity contribution in [3.8, 4) is 0 Å². The van der Waals surface area contributed by atoms with Crippen molar-refractivity contribution >= 4 is 49.0 Å². The van der Waals surface area contributed by atoms with Gasteiger partial charge in [-0.1, -0.05) is 11.8 Å². The molecule has 4 nitrogen and oxygen atoms in total. The van der Waals surface area contributed by atoms with E-state index in [9.17, 15) is 12.8 Å². The van der Waals surface area contributed by atoms with Crippen molar-refractivity contribution in [1.29, 1.82) is 0 Å². The van der Waals surface area contributed by atoms with Crippen molar-refractivity contribution in [1.82, 2.24) is 4.98 Å². The maximum absolute atomic E-state index is 12.9. The van der Waals surface area contributed by atoms with E-state index in [4.69, 9.17) is 0 Å². The van der Waals surface area contributed by atoms with Crippen LogP contribution in [0.2, 0.25) is 0 Å². The maximum Gasteiger partial charge on any atom is 0.261 e. The zero-order valence-electron chi connectivity index (χ0n) is 11.4. The molecule has 3 rings (SSSR count). The number of thioether (sulfide) groups is 1. The van der Waals surface area contributed by atoms with Crippen LogP contribution in [0.15, 0.2) is 51.7 Å². The Kier molecular flexibility index (Phi) is 4.07. The van der Waals surface area contributed by atoms with Gasteiger partial charge in [-0.25, -0.2) is 17.8 Å². The molecular weight excluding hydrogens is 343 g/mol. The van der Waals surface area contributed by atoms with Gasteiger partial charge in [0.05, 0.1) is 20.8 Å². The number of halogens is 1. The van der Waals surface area contributed by atoms with Crippen LogP contribution in [0.5, 0.6) is 0 Å². The molecule has 8 heteroatoms. The van der Waals surface area contributed by atoms with Crippen LogP contribution in [0.1, 0.15) is 0 Å². The van der Waals surface area contributed by atoms with Gasteiger partial charge in [-0.3, -0.25) is 4.72 Å². The first kappa shape index (κ1) is 15.3. The second-order valence-electron chi connectivity index (χ2n) is 4.43. The van der Waals surface area contributed by atoms with Crippen LogP contribution in [-0.4, -0.2) is 19.7 Å². The summed E-state index contributed by atoms with van der Waals surface area (Å²) in [7, 11) is -3.74. The number of nitrogens with zero attached hydrogens (tertiary/aromatic N) is 1. The van der Waals surface area contributed by atoms with Crippen LogP contribution in [0.3, 0.4) is 0 Å². The smallest absolute Gasteiger partial charge is 0.261 e. The van der Waals surface area contributed by atoms with E-state index in [1.54, 1.807) is 30.0 Å². The summed E-state index contributed by atoms with van der Waals surface area (Å²) >= 11 is 3.05.